The summed E-state index contributed by atoms with van der Waals surface area (Å²) < 4.78 is 6.88. The first kappa shape index (κ1) is 33.6. The first-order valence-corrected chi connectivity index (χ1v) is 19.8. The molecule has 0 spiro atoms. The average Bonchev–Trinajstić information content (AvgIpc) is 3.69. The Labute approximate surface area is 337 Å². The molecule has 1 heterocycles. The highest BCUT2D eigenvalue weighted by atomic mass is 16.3. The summed E-state index contributed by atoms with van der Waals surface area (Å²) >= 11 is 0. The molecule has 0 aliphatic heterocycles. The van der Waals surface area contributed by atoms with Gasteiger partial charge in [0, 0.05) is 22.3 Å². The van der Waals surface area contributed by atoms with Crippen molar-refractivity contribution in [2.24, 2.45) is 0 Å². The third-order valence-corrected chi connectivity index (χ3v) is 11.4. The number of fused-ring (bicyclic) bond motifs is 5. The Hall–Kier alpha value is -7.68. The average molecular weight is 740 g/mol. The monoisotopic (exact) mass is 739 g/mol. The van der Waals surface area contributed by atoms with Crippen LogP contribution in [0.15, 0.2) is 229 Å². The van der Waals surface area contributed by atoms with Gasteiger partial charge in [-0.1, -0.05) is 170 Å². The number of hydrogen-bond donors (Lipinski definition) is 0. The molecular formula is C56H37NO. The van der Waals surface area contributed by atoms with E-state index < -0.39 is 0 Å². The SMILES string of the molecule is c1ccc(-c2cccc(-c3cccc(N(c4cccc(-c5cccc6ccccc56)c4)c4ccc(-c5ccc6ccccc6c5)c5oc6ccccc6c45)c3)c2)cc1. The van der Waals surface area contributed by atoms with Gasteiger partial charge in [-0.05, 0) is 115 Å². The highest BCUT2D eigenvalue weighted by Crippen LogP contribution is 2.47. The van der Waals surface area contributed by atoms with Crippen LogP contribution in [0.3, 0.4) is 0 Å². The van der Waals surface area contributed by atoms with Crippen LogP contribution in [0.1, 0.15) is 0 Å². The van der Waals surface area contributed by atoms with Gasteiger partial charge < -0.3 is 9.32 Å². The smallest absolute Gasteiger partial charge is 0.145 e. The summed E-state index contributed by atoms with van der Waals surface area (Å²) in [6, 6.07) is 80.7. The molecule has 58 heavy (non-hydrogen) atoms. The van der Waals surface area contributed by atoms with Crippen molar-refractivity contribution in [2.45, 2.75) is 0 Å². The van der Waals surface area contributed by atoms with Gasteiger partial charge in [-0.2, -0.15) is 0 Å². The van der Waals surface area contributed by atoms with E-state index in [1.165, 1.54) is 43.8 Å². The van der Waals surface area contributed by atoms with Gasteiger partial charge in [0.2, 0.25) is 0 Å². The van der Waals surface area contributed by atoms with Crippen LogP contribution < -0.4 is 4.90 Å². The van der Waals surface area contributed by atoms with E-state index in [2.05, 4.69) is 229 Å². The maximum atomic E-state index is 6.88. The second-order valence-corrected chi connectivity index (χ2v) is 14.9. The predicted octanol–water partition coefficient (Wildman–Crippen LogP) is 16.0. The van der Waals surface area contributed by atoms with E-state index in [1.807, 2.05) is 0 Å². The van der Waals surface area contributed by atoms with Crippen LogP contribution in [0, 0.1) is 0 Å². The molecule has 11 aromatic rings. The third kappa shape index (κ3) is 5.91. The van der Waals surface area contributed by atoms with E-state index in [4.69, 9.17) is 4.42 Å². The zero-order valence-corrected chi connectivity index (χ0v) is 31.7. The van der Waals surface area contributed by atoms with Gasteiger partial charge in [0.1, 0.15) is 11.2 Å². The minimum Gasteiger partial charge on any atom is -0.455 e. The molecule has 11 rings (SSSR count). The van der Waals surface area contributed by atoms with Crippen LogP contribution in [0.4, 0.5) is 17.1 Å². The van der Waals surface area contributed by atoms with Crippen molar-refractivity contribution < 1.29 is 4.42 Å². The van der Waals surface area contributed by atoms with E-state index in [9.17, 15) is 0 Å². The molecule has 0 unspecified atom stereocenters. The summed E-state index contributed by atoms with van der Waals surface area (Å²) in [5, 5.41) is 7.04. The number of nitrogens with zero attached hydrogens (tertiary/aromatic N) is 1. The second kappa shape index (κ2) is 14.1. The summed E-state index contributed by atoms with van der Waals surface area (Å²) in [6.07, 6.45) is 0. The van der Waals surface area contributed by atoms with Crippen molar-refractivity contribution in [3.05, 3.63) is 224 Å². The van der Waals surface area contributed by atoms with Crippen LogP contribution in [0.2, 0.25) is 0 Å². The van der Waals surface area contributed by atoms with Crippen molar-refractivity contribution in [1.82, 2.24) is 0 Å². The largest absolute Gasteiger partial charge is 0.455 e. The highest BCUT2D eigenvalue weighted by Gasteiger charge is 2.23. The Morgan fingerprint density at radius 3 is 1.71 bits per heavy atom. The number of hydrogen-bond acceptors (Lipinski definition) is 2. The van der Waals surface area contributed by atoms with Crippen molar-refractivity contribution in [3.8, 4) is 44.5 Å². The number of para-hydroxylation sites is 1. The number of furan rings is 1. The molecule has 0 fully saturated rings. The van der Waals surface area contributed by atoms with Gasteiger partial charge in [0.25, 0.3) is 0 Å². The minimum atomic E-state index is 0.864. The third-order valence-electron chi connectivity index (χ3n) is 11.4. The summed E-state index contributed by atoms with van der Waals surface area (Å²) in [5.41, 5.74) is 14.2. The number of anilines is 3. The van der Waals surface area contributed by atoms with E-state index in [0.29, 0.717) is 0 Å². The fraction of sp³-hybridized carbons (Fsp3) is 0. The molecular weight excluding hydrogens is 703 g/mol. The van der Waals surface area contributed by atoms with Gasteiger partial charge in [-0.25, -0.2) is 0 Å². The molecule has 0 saturated carbocycles. The van der Waals surface area contributed by atoms with Gasteiger partial charge in [-0.3, -0.25) is 0 Å². The molecule has 0 atom stereocenters. The Balaban J connectivity index is 1.14. The van der Waals surface area contributed by atoms with Gasteiger partial charge in [0.05, 0.1) is 11.1 Å². The quantitative estimate of drug-likeness (QED) is 0.162. The van der Waals surface area contributed by atoms with E-state index >= 15 is 0 Å². The summed E-state index contributed by atoms with van der Waals surface area (Å²) in [5.74, 6) is 0. The molecule has 0 aliphatic rings. The molecule has 272 valence electrons. The van der Waals surface area contributed by atoms with E-state index in [-0.39, 0.29) is 0 Å². The van der Waals surface area contributed by atoms with Crippen LogP contribution in [-0.4, -0.2) is 0 Å². The minimum absolute atomic E-state index is 0.864. The maximum absolute atomic E-state index is 6.88. The van der Waals surface area contributed by atoms with E-state index in [0.717, 1.165) is 61.3 Å². The van der Waals surface area contributed by atoms with E-state index in [1.54, 1.807) is 0 Å². The normalized spacial score (nSPS) is 11.4. The number of rotatable bonds is 7. The van der Waals surface area contributed by atoms with Crippen molar-refractivity contribution in [3.63, 3.8) is 0 Å². The first-order valence-electron chi connectivity index (χ1n) is 19.8. The Morgan fingerprint density at radius 2 is 0.879 bits per heavy atom. The Morgan fingerprint density at radius 1 is 0.310 bits per heavy atom. The lowest BCUT2D eigenvalue weighted by Gasteiger charge is -2.28. The number of benzene rings is 10. The summed E-state index contributed by atoms with van der Waals surface area (Å²) in [4.78, 5) is 2.41. The lowest BCUT2D eigenvalue weighted by Crippen LogP contribution is -2.11. The first-order chi connectivity index (χ1) is 28.7. The highest BCUT2D eigenvalue weighted by molar-refractivity contribution is 6.17. The van der Waals surface area contributed by atoms with Crippen LogP contribution in [0.5, 0.6) is 0 Å². The van der Waals surface area contributed by atoms with Crippen LogP contribution in [0.25, 0.3) is 88.0 Å². The van der Waals surface area contributed by atoms with Crippen molar-refractivity contribution >= 4 is 60.5 Å². The molecule has 1 aromatic heterocycles. The standard InChI is InChI=1S/C56H37NO/c1-2-14-38(15-3-1)42-20-10-21-43(34-42)44-22-11-24-47(36-44)57(48-25-12-23-45(37-48)50-28-13-19-40-17-6-7-26-49(40)50)53-33-32-51(46-31-30-39-16-4-5-18-41(39)35-46)56-55(53)52-27-8-9-29-54(52)58-56/h1-37H. The molecule has 2 heteroatoms. The molecule has 0 N–H and O–H groups in total. The zero-order chi connectivity index (χ0) is 38.4. The maximum Gasteiger partial charge on any atom is 0.145 e. The molecule has 2 nitrogen and oxygen atoms in total. The molecule has 0 saturated heterocycles. The van der Waals surface area contributed by atoms with Crippen molar-refractivity contribution in [2.75, 3.05) is 4.90 Å². The Kier molecular flexibility index (Phi) is 8.19. The van der Waals surface area contributed by atoms with Crippen molar-refractivity contribution in [1.29, 1.82) is 0 Å². The van der Waals surface area contributed by atoms with Gasteiger partial charge in [0.15, 0.2) is 0 Å². The van der Waals surface area contributed by atoms with Crippen LogP contribution >= 0.6 is 0 Å². The lowest BCUT2D eigenvalue weighted by molar-refractivity contribution is 0.670. The molecule has 0 radical (unpaired) electrons. The van der Waals surface area contributed by atoms with Crippen LogP contribution in [-0.2, 0) is 0 Å². The molecule has 0 amide bonds. The van der Waals surface area contributed by atoms with Gasteiger partial charge in [-0.15, -0.1) is 0 Å². The second-order valence-electron chi connectivity index (χ2n) is 14.9. The Bertz CT molecular complexity index is 3300. The predicted molar refractivity (Wildman–Crippen MR) is 245 cm³/mol. The fourth-order valence-electron chi connectivity index (χ4n) is 8.63. The summed E-state index contributed by atoms with van der Waals surface area (Å²) in [6.45, 7) is 0. The molecule has 0 bridgehead atoms. The fourth-order valence-corrected chi connectivity index (χ4v) is 8.63. The van der Waals surface area contributed by atoms with Gasteiger partial charge >= 0.3 is 0 Å². The zero-order valence-electron chi connectivity index (χ0n) is 31.7. The lowest BCUT2D eigenvalue weighted by atomic mass is 9.96. The molecule has 10 aromatic carbocycles. The molecule has 0 aliphatic carbocycles. The topological polar surface area (TPSA) is 16.4 Å². The summed E-state index contributed by atoms with van der Waals surface area (Å²) in [7, 11) is 0.